The minimum atomic E-state index is -0.0855. The van der Waals surface area contributed by atoms with Gasteiger partial charge in [-0.2, -0.15) is 0 Å². The van der Waals surface area contributed by atoms with Crippen molar-refractivity contribution in [3.05, 3.63) is 66.1 Å². The number of pyridine rings is 1. The van der Waals surface area contributed by atoms with Crippen molar-refractivity contribution >= 4 is 40.5 Å². The molecule has 0 spiro atoms. The van der Waals surface area contributed by atoms with Gasteiger partial charge in [0.25, 0.3) is 0 Å². The number of fused-ring (bicyclic) bond motifs is 1. The van der Waals surface area contributed by atoms with Crippen molar-refractivity contribution in [2.24, 2.45) is 0 Å². The molecule has 0 saturated carbocycles. The molecule has 1 amide bonds. The van der Waals surface area contributed by atoms with Crippen molar-refractivity contribution in [3.63, 3.8) is 0 Å². The van der Waals surface area contributed by atoms with Crippen molar-refractivity contribution in [2.75, 3.05) is 31.3 Å². The molecule has 0 aliphatic heterocycles. The summed E-state index contributed by atoms with van der Waals surface area (Å²) in [6.45, 7) is 0.308. The van der Waals surface area contributed by atoms with Crippen LogP contribution in [0.15, 0.2) is 60.9 Å². The first-order chi connectivity index (χ1) is 14.5. The summed E-state index contributed by atoms with van der Waals surface area (Å²) in [6.07, 6.45) is 3.55. The molecule has 3 aromatic heterocycles. The van der Waals surface area contributed by atoms with E-state index in [0.717, 1.165) is 11.3 Å². The molecule has 8 nitrogen and oxygen atoms in total. The van der Waals surface area contributed by atoms with Crippen molar-refractivity contribution in [2.45, 2.75) is 0 Å². The molecule has 0 bridgehead atoms. The van der Waals surface area contributed by atoms with Crippen molar-refractivity contribution in [3.8, 4) is 11.4 Å². The monoisotopic (exact) mass is 421 g/mol. The van der Waals surface area contributed by atoms with Crippen LogP contribution in [0.2, 0.25) is 5.15 Å². The molecule has 0 saturated heterocycles. The van der Waals surface area contributed by atoms with E-state index in [1.54, 1.807) is 12.3 Å². The van der Waals surface area contributed by atoms with Gasteiger partial charge >= 0.3 is 0 Å². The van der Waals surface area contributed by atoms with Crippen LogP contribution in [-0.2, 0) is 4.79 Å². The number of rotatable bonds is 6. The first-order valence-electron chi connectivity index (χ1n) is 9.27. The SMILES string of the molecule is CN(C)CC(=O)Nc1cccc(Nc2nccc(-c3c(Cl)nc4ccccn34)n2)c1. The Morgan fingerprint density at radius 3 is 2.77 bits per heavy atom. The van der Waals surface area contributed by atoms with E-state index >= 15 is 0 Å². The molecule has 9 heteroatoms. The van der Waals surface area contributed by atoms with Gasteiger partial charge < -0.3 is 15.5 Å². The third kappa shape index (κ3) is 4.40. The van der Waals surface area contributed by atoms with Crippen LogP contribution in [-0.4, -0.2) is 50.8 Å². The number of aromatic nitrogens is 4. The van der Waals surface area contributed by atoms with Crippen LogP contribution in [0.1, 0.15) is 0 Å². The molecule has 0 fully saturated rings. The maximum Gasteiger partial charge on any atom is 0.238 e. The number of amides is 1. The van der Waals surface area contributed by atoms with Crippen molar-refractivity contribution < 1.29 is 4.79 Å². The molecular weight excluding hydrogens is 402 g/mol. The minimum Gasteiger partial charge on any atom is -0.325 e. The van der Waals surface area contributed by atoms with E-state index in [2.05, 4.69) is 25.6 Å². The lowest BCUT2D eigenvalue weighted by Crippen LogP contribution is -2.27. The van der Waals surface area contributed by atoms with E-state index in [0.29, 0.717) is 34.7 Å². The van der Waals surface area contributed by atoms with E-state index < -0.39 is 0 Å². The van der Waals surface area contributed by atoms with Gasteiger partial charge in [0.15, 0.2) is 5.15 Å². The predicted octanol–water partition coefficient (Wildman–Crippen LogP) is 3.69. The fourth-order valence-corrected chi connectivity index (χ4v) is 3.31. The third-order valence-electron chi connectivity index (χ3n) is 4.25. The predicted molar refractivity (Wildman–Crippen MR) is 118 cm³/mol. The van der Waals surface area contributed by atoms with Gasteiger partial charge in [-0.15, -0.1) is 0 Å². The Labute approximate surface area is 178 Å². The summed E-state index contributed by atoms with van der Waals surface area (Å²) in [4.78, 5) is 27.0. The van der Waals surface area contributed by atoms with Gasteiger partial charge in [0.2, 0.25) is 11.9 Å². The zero-order valence-corrected chi connectivity index (χ0v) is 17.3. The molecule has 0 unspecified atom stereocenters. The maximum absolute atomic E-state index is 12.0. The summed E-state index contributed by atoms with van der Waals surface area (Å²) in [7, 11) is 3.69. The van der Waals surface area contributed by atoms with Crippen LogP contribution in [0.5, 0.6) is 0 Å². The number of nitrogens with zero attached hydrogens (tertiary/aromatic N) is 5. The number of hydrogen-bond donors (Lipinski definition) is 2. The average Bonchev–Trinajstić information content (AvgIpc) is 3.03. The Balaban J connectivity index is 1.57. The highest BCUT2D eigenvalue weighted by Crippen LogP contribution is 2.28. The van der Waals surface area contributed by atoms with E-state index in [9.17, 15) is 4.79 Å². The van der Waals surface area contributed by atoms with Gasteiger partial charge in [0, 0.05) is 23.8 Å². The molecule has 152 valence electrons. The fraction of sp³-hybridized carbons (Fsp3) is 0.143. The molecule has 2 N–H and O–H groups in total. The number of hydrogen-bond acceptors (Lipinski definition) is 6. The average molecular weight is 422 g/mol. The molecular formula is C21H20ClN7O. The summed E-state index contributed by atoms with van der Waals surface area (Å²) in [5, 5.41) is 6.41. The number of likely N-dealkylation sites (N-methyl/N-ethyl adjacent to an activating group) is 1. The normalized spacial score (nSPS) is 11.1. The Morgan fingerprint density at radius 1 is 1.10 bits per heavy atom. The fourth-order valence-electron chi connectivity index (χ4n) is 3.04. The second-order valence-electron chi connectivity index (χ2n) is 6.94. The van der Waals surface area contributed by atoms with Crippen LogP contribution < -0.4 is 10.6 Å². The topological polar surface area (TPSA) is 87.5 Å². The van der Waals surface area contributed by atoms with Crippen LogP contribution in [0.4, 0.5) is 17.3 Å². The first kappa shape index (κ1) is 19.8. The molecule has 1 aromatic carbocycles. The van der Waals surface area contributed by atoms with Crippen molar-refractivity contribution in [1.29, 1.82) is 0 Å². The second-order valence-corrected chi connectivity index (χ2v) is 7.30. The Morgan fingerprint density at radius 2 is 1.93 bits per heavy atom. The zero-order chi connectivity index (χ0) is 21.1. The molecule has 0 radical (unpaired) electrons. The molecule has 4 aromatic rings. The number of halogens is 1. The largest absolute Gasteiger partial charge is 0.325 e. The van der Waals surface area contributed by atoms with Gasteiger partial charge in [-0.05, 0) is 50.5 Å². The maximum atomic E-state index is 12.0. The number of imidazole rings is 1. The Bertz CT molecular complexity index is 1200. The third-order valence-corrected chi connectivity index (χ3v) is 4.51. The number of nitrogens with one attached hydrogen (secondary N) is 2. The summed E-state index contributed by atoms with van der Waals surface area (Å²) in [5.41, 5.74) is 3.52. The Hall–Kier alpha value is -3.49. The van der Waals surface area contributed by atoms with Gasteiger partial charge in [-0.25, -0.2) is 15.0 Å². The Kier molecular flexibility index (Phi) is 5.60. The van der Waals surface area contributed by atoms with E-state index in [1.165, 1.54) is 0 Å². The molecule has 4 rings (SSSR count). The first-order valence-corrected chi connectivity index (χ1v) is 9.65. The number of carbonyl (C=O) groups is 1. The smallest absolute Gasteiger partial charge is 0.238 e. The number of carbonyl (C=O) groups excluding carboxylic acids is 1. The van der Waals surface area contributed by atoms with Gasteiger partial charge in [-0.1, -0.05) is 23.7 Å². The van der Waals surface area contributed by atoms with E-state index in [4.69, 9.17) is 11.6 Å². The summed E-state index contributed by atoms with van der Waals surface area (Å²) in [5.74, 6) is 0.323. The highest BCUT2D eigenvalue weighted by Gasteiger charge is 2.14. The van der Waals surface area contributed by atoms with Crippen LogP contribution in [0.3, 0.4) is 0 Å². The van der Waals surface area contributed by atoms with Crippen molar-refractivity contribution in [1.82, 2.24) is 24.3 Å². The lowest BCUT2D eigenvalue weighted by atomic mass is 10.2. The molecule has 3 heterocycles. The van der Waals surface area contributed by atoms with Crippen LogP contribution in [0.25, 0.3) is 17.0 Å². The van der Waals surface area contributed by atoms with E-state index in [-0.39, 0.29) is 5.91 Å². The summed E-state index contributed by atoms with van der Waals surface area (Å²) < 4.78 is 1.88. The molecule has 30 heavy (non-hydrogen) atoms. The summed E-state index contributed by atoms with van der Waals surface area (Å²) in [6, 6.07) is 14.8. The van der Waals surface area contributed by atoms with E-state index in [1.807, 2.05) is 72.1 Å². The molecule has 0 aliphatic rings. The lowest BCUT2D eigenvalue weighted by molar-refractivity contribution is -0.116. The molecule has 0 atom stereocenters. The van der Waals surface area contributed by atoms with Crippen LogP contribution >= 0.6 is 11.6 Å². The van der Waals surface area contributed by atoms with Gasteiger partial charge in [0.05, 0.1) is 12.2 Å². The number of anilines is 3. The standard InChI is InChI=1S/C21H20ClN7O/c1-28(2)13-18(30)24-14-6-5-7-15(12-14)25-21-23-10-9-16(26-21)19-20(22)27-17-8-3-4-11-29(17)19/h3-12H,13H2,1-2H3,(H,24,30)(H,23,25,26). The zero-order valence-electron chi connectivity index (χ0n) is 16.5. The second kappa shape index (κ2) is 8.48. The highest BCUT2D eigenvalue weighted by molar-refractivity contribution is 6.32. The minimum absolute atomic E-state index is 0.0855. The van der Waals surface area contributed by atoms with Gasteiger partial charge in [-0.3, -0.25) is 9.20 Å². The highest BCUT2D eigenvalue weighted by atomic mass is 35.5. The number of benzene rings is 1. The lowest BCUT2D eigenvalue weighted by Gasteiger charge is -2.11. The van der Waals surface area contributed by atoms with Gasteiger partial charge in [0.1, 0.15) is 11.3 Å². The summed E-state index contributed by atoms with van der Waals surface area (Å²) >= 11 is 6.36. The van der Waals surface area contributed by atoms with Crippen LogP contribution in [0, 0.1) is 0 Å². The quantitative estimate of drug-likeness (QED) is 0.493. The molecule has 0 aliphatic carbocycles.